The van der Waals surface area contributed by atoms with E-state index in [2.05, 4.69) is 40.0 Å². The van der Waals surface area contributed by atoms with Crippen LogP contribution in [0.3, 0.4) is 0 Å². The summed E-state index contributed by atoms with van der Waals surface area (Å²) in [7, 11) is 0. The third-order valence-corrected chi connectivity index (χ3v) is 12.6. The highest BCUT2D eigenvalue weighted by Crippen LogP contribution is 2.16. The van der Waals surface area contributed by atoms with Gasteiger partial charge in [0, 0.05) is 39.1 Å². The lowest BCUT2D eigenvalue weighted by Crippen LogP contribution is -2.37. The van der Waals surface area contributed by atoms with Crippen molar-refractivity contribution in [2.75, 3.05) is 65.4 Å². The van der Waals surface area contributed by atoms with E-state index in [4.69, 9.17) is 5.73 Å². The van der Waals surface area contributed by atoms with E-state index in [0.717, 1.165) is 97.3 Å². The van der Waals surface area contributed by atoms with E-state index in [1.807, 2.05) is 0 Å². The van der Waals surface area contributed by atoms with Gasteiger partial charge in [-0.05, 0) is 71.1 Å². The summed E-state index contributed by atoms with van der Waals surface area (Å²) in [6.07, 6.45) is 50.9. The molecule has 0 saturated heterocycles. The van der Waals surface area contributed by atoms with Crippen LogP contribution in [0.15, 0.2) is 0 Å². The molecule has 0 aliphatic heterocycles. The highest BCUT2D eigenvalue weighted by molar-refractivity contribution is 5.78. The van der Waals surface area contributed by atoms with Gasteiger partial charge in [-0.3, -0.25) is 9.59 Å². The van der Waals surface area contributed by atoms with Crippen LogP contribution in [0.1, 0.15) is 264 Å². The van der Waals surface area contributed by atoms with Crippen molar-refractivity contribution in [1.82, 2.24) is 26.2 Å². The zero-order valence-corrected chi connectivity index (χ0v) is 41.5. The molecule has 364 valence electrons. The molecule has 6 N–H and O–H groups in total. The van der Waals surface area contributed by atoms with Gasteiger partial charge in [0.2, 0.25) is 11.8 Å². The van der Waals surface area contributed by atoms with Crippen LogP contribution < -0.4 is 27.0 Å². The molecule has 0 aliphatic carbocycles. The van der Waals surface area contributed by atoms with Gasteiger partial charge in [0.05, 0.1) is 6.54 Å². The molecule has 0 aromatic heterocycles. The standard InChI is InChI=1S/C53H110N6O2/c1-3-5-7-9-11-13-15-17-19-21-23-25-27-29-31-38-49-59(50-39-32-30-28-26-24-22-20-18-16-14-12-10-8-6-4-2)53(61)41-34-33-35-46-58-52(60)51-57-48-47-56-44-37-36-43-55-45-40-42-54/h55-57H,3-51,54H2,1-2H3,(H,58,60). The monoisotopic (exact) mass is 863 g/mol. The Morgan fingerprint density at radius 2 is 0.689 bits per heavy atom. The Balaban J connectivity index is 4.15. The first-order chi connectivity index (χ1) is 30.2. The summed E-state index contributed by atoms with van der Waals surface area (Å²) in [6, 6.07) is 0. The number of carbonyl (C=O) groups excluding carboxylic acids is 2. The van der Waals surface area contributed by atoms with Crippen LogP contribution in [0.25, 0.3) is 0 Å². The normalized spacial score (nSPS) is 11.5. The Morgan fingerprint density at radius 3 is 1.10 bits per heavy atom. The molecule has 0 radical (unpaired) electrons. The van der Waals surface area contributed by atoms with Crippen LogP contribution in [0, 0.1) is 0 Å². The number of rotatable bonds is 53. The predicted molar refractivity (Wildman–Crippen MR) is 269 cm³/mol. The molecule has 0 rings (SSSR count). The lowest BCUT2D eigenvalue weighted by atomic mass is 10.0. The molecule has 0 unspecified atom stereocenters. The summed E-state index contributed by atoms with van der Waals surface area (Å²) in [4.78, 5) is 27.9. The van der Waals surface area contributed by atoms with E-state index < -0.39 is 0 Å². The highest BCUT2D eigenvalue weighted by atomic mass is 16.2. The van der Waals surface area contributed by atoms with Crippen LogP contribution in [-0.2, 0) is 9.59 Å². The van der Waals surface area contributed by atoms with Crippen molar-refractivity contribution in [2.45, 2.75) is 264 Å². The van der Waals surface area contributed by atoms with E-state index in [-0.39, 0.29) is 5.91 Å². The highest BCUT2D eigenvalue weighted by Gasteiger charge is 2.13. The third kappa shape index (κ3) is 49.7. The second-order valence-electron chi connectivity index (χ2n) is 18.7. The van der Waals surface area contributed by atoms with Crippen LogP contribution in [0.4, 0.5) is 0 Å². The van der Waals surface area contributed by atoms with Crippen molar-refractivity contribution in [1.29, 1.82) is 0 Å². The molecule has 0 fully saturated rings. The zero-order valence-electron chi connectivity index (χ0n) is 41.5. The molecule has 0 saturated carbocycles. The number of hydrogen-bond donors (Lipinski definition) is 5. The predicted octanol–water partition coefficient (Wildman–Crippen LogP) is 12.9. The second kappa shape index (κ2) is 53.1. The van der Waals surface area contributed by atoms with Crippen molar-refractivity contribution in [3.63, 3.8) is 0 Å². The first kappa shape index (κ1) is 59.8. The number of amides is 2. The van der Waals surface area contributed by atoms with E-state index in [0.29, 0.717) is 25.4 Å². The van der Waals surface area contributed by atoms with Gasteiger partial charge in [-0.25, -0.2) is 0 Å². The maximum Gasteiger partial charge on any atom is 0.233 e. The van der Waals surface area contributed by atoms with Gasteiger partial charge in [-0.2, -0.15) is 0 Å². The number of unbranched alkanes of at least 4 members (excludes halogenated alkanes) is 33. The Hall–Kier alpha value is -1.22. The van der Waals surface area contributed by atoms with Crippen LogP contribution in [0.5, 0.6) is 0 Å². The minimum Gasteiger partial charge on any atom is -0.355 e. The minimum absolute atomic E-state index is 0.0587. The van der Waals surface area contributed by atoms with Crippen LogP contribution >= 0.6 is 0 Å². The van der Waals surface area contributed by atoms with Crippen molar-refractivity contribution < 1.29 is 9.59 Å². The molecule has 8 heteroatoms. The van der Waals surface area contributed by atoms with E-state index in [9.17, 15) is 9.59 Å². The summed E-state index contributed by atoms with van der Waals surface area (Å²) in [5.41, 5.74) is 5.52. The fourth-order valence-corrected chi connectivity index (χ4v) is 8.44. The molecule has 0 spiro atoms. The van der Waals surface area contributed by atoms with E-state index in [1.54, 1.807) is 0 Å². The molecule has 61 heavy (non-hydrogen) atoms. The molecule has 2 amide bonds. The van der Waals surface area contributed by atoms with Gasteiger partial charge < -0.3 is 31.9 Å². The summed E-state index contributed by atoms with van der Waals surface area (Å²) >= 11 is 0. The Kier molecular flexibility index (Phi) is 52.1. The van der Waals surface area contributed by atoms with Crippen molar-refractivity contribution >= 4 is 11.8 Å². The zero-order chi connectivity index (χ0) is 44.2. The molecule has 0 bridgehead atoms. The van der Waals surface area contributed by atoms with Crippen molar-refractivity contribution in [2.24, 2.45) is 5.73 Å². The average molecular weight is 864 g/mol. The quantitative estimate of drug-likeness (QED) is 0.0390. The molecule has 0 atom stereocenters. The fraction of sp³-hybridized carbons (Fsp3) is 0.962. The smallest absolute Gasteiger partial charge is 0.233 e. The number of nitrogens with two attached hydrogens (primary N) is 1. The van der Waals surface area contributed by atoms with Gasteiger partial charge in [-0.15, -0.1) is 0 Å². The average Bonchev–Trinajstić information content (AvgIpc) is 3.26. The van der Waals surface area contributed by atoms with Crippen molar-refractivity contribution in [3.05, 3.63) is 0 Å². The van der Waals surface area contributed by atoms with Crippen LogP contribution in [0.2, 0.25) is 0 Å². The molecular weight excluding hydrogens is 753 g/mol. The number of nitrogens with one attached hydrogen (secondary N) is 4. The first-order valence-electron chi connectivity index (χ1n) is 27.5. The topological polar surface area (TPSA) is 112 Å². The minimum atomic E-state index is 0.0587. The largest absolute Gasteiger partial charge is 0.355 e. The molecule has 0 heterocycles. The summed E-state index contributed by atoms with van der Waals surface area (Å²) in [6.45, 7) is 13.0. The Bertz CT molecular complexity index is 825. The van der Waals surface area contributed by atoms with E-state index in [1.165, 1.54) is 199 Å². The van der Waals surface area contributed by atoms with Gasteiger partial charge in [-0.1, -0.05) is 213 Å². The lowest BCUT2D eigenvalue weighted by Gasteiger charge is -2.23. The number of hydrogen-bond acceptors (Lipinski definition) is 6. The second-order valence-corrected chi connectivity index (χ2v) is 18.7. The van der Waals surface area contributed by atoms with Crippen LogP contribution in [-0.4, -0.2) is 82.2 Å². The molecular formula is C53H110N6O2. The lowest BCUT2D eigenvalue weighted by molar-refractivity contribution is -0.131. The summed E-state index contributed by atoms with van der Waals surface area (Å²) in [5, 5.41) is 13.1. The SMILES string of the molecule is CCCCCCCCCCCCCCCCCCN(CCCCCCCCCCCCCCCCCC)C(=O)CCCCCNC(=O)CNCCNCCCCNCCCN. The number of nitrogens with zero attached hydrogens (tertiary/aromatic N) is 1. The van der Waals surface area contributed by atoms with E-state index >= 15 is 0 Å². The maximum atomic E-state index is 13.4. The number of carbonyl (C=O) groups is 2. The Labute approximate surface area is 381 Å². The van der Waals surface area contributed by atoms with Crippen molar-refractivity contribution in [3.8, 4) is 0 Å². The van der Waals surface area contributed by atoms with Gasteiger partial charge >= 0.3 is 0 Å². The molecule has 0 aliphatic rings. The first-order valence-corrected chi connectivity index (χ1v) is 27.5. The molecule has 0 aromatic carbocycles. The maximum absolute atomic E-state index is 13.4. The third-order valence-electron chi connectivity index (χ3n) is 12.6. The molecule has 0 aromatic rings. The molecule has 8 nitrogen and oxygen atoms in total. The van der Waals surface area contributed by atoms with Gasteiger partial charge in [0.25, 0.3) is 0 Å². The summed E-state index contributed by atoms with van der Waals surface area (Å²) < 4.78 is 0. The van der Waals surface area contributed by atoms with Gasteiger partial charge in [0.1, 0.15) is 0 Å². The summed E-state index contributed by atoms with van der Waals surface area (Å²) in [5.74, 6) is 0.409. The van der Waals surface area contributed by atoms with Gasteiger partial charge in [0.15, 0.2) is 0 Å². The fourth-order valence-electron chi connectivity index (χ4n) is 8.44. The Morgan fingerprint density at radius 1 is 0.361 bits per heavy atom.